The van der Waals surface area contributed by atoms with Gasteiger partial charge >= 0.3 is 0 Å². The van der Waals surface area contributed by atoms with E-state index in [0.29, 0.717) is 12.0 Å². The van der Waals surface area contributed by atoms with Gasteiger partial charge in [0, 0.05) is 24.2 Å². The Morgan fingerprint density at radius 3 is 3.20 bits per heavy atom. The molecule has 0 unspecified atom stereocenters. The Bertz CT molecular complexity index is 373. The summed E-state index contributed by atoms with van der Waals surface area (Å²) in [5.41, 5.74) is 4.36. The van der Waals surface area contributed by atoms with Gasteiger partial charge in [-0.05, 0) is 36.6 Å². The molecule has 0 saturated carbocycles. The molecule has 0 radical (unpaired) electrons. The lowest BCUT2D eigenvalue weighted by molar-refractivity contribution is 0.440. The van der Waals surface area contributed by atoms with Crippen molar-refractivity contribution in [2.45, 2.75) is 31.7 Å². The zero-order valence-corrected chi connectivity index (χ0v) is 9.22. The summed E-state index contributed by atoms with van der Waals surface area (Å²) in [5.74, 6) is 0.695. The van der Waals surface area contributed by atoms with E-state index in [1.54, 1.807) is 0 Å². The second kappa shape index (κ2) is 3.53. The van der Waals surface area contributed by atoms with Gasteiger partial charge in [0.05, 0.1) is 0 Å². The third-order valence-electron chi connectivity index (χ3n) is 3.75. The third kappa shape index (κ3) is 1.44. The number of rotatable bonds is 1. The number of aryl methyl sites for hydroxylation is 1. The van der Waals surface area contributed by atoms with Gasteiger partial charge in [-0.1, -0.05) is 19.1 Å². The lowest BCUT2D eigenvalue weighted by Gasteiger charge is -2.26. The topological polar surface area (TPSA) is 24.1 Å². The van der Waals surface area contributed by atoms with Crippen molar-refractivity contribution in [1.82, 2.24) is 5.32 Å². The zero-order chi connectivity index (χ0) is 10.3. The Labute approximate surface area is 91.1 Å². The second-order valence-corrected chi connectivity index (χ2v) is 4.63. The number of hydrogen-bond donors (Lipinski definition) is 2. The van der Waals surface area contributed by atoms with E-state index in [0.717, 1.165) is 19.5 Å². The first kappa shape index (κ1) is 9.22. The monoisotopic (exact) mass is 202 g/mol. The Morgan fingerprint density at radius 1 is 1.40 bits per heavy atom. The standard InChI is InChI=1S/C13H18N2/c1-2-9-3-4-12-10(7-9)11-8-14-6-5-13(11)15-12/h3-4,7,11,13-15H,2,5-6,8H2,1H3/t11-,13-/m1/s1. The highest BCUT2D eigenvalue weighted by Gasteiger charge is 2.33. The molecular formula is C13H18N2. The van der Waals surface area contributed by atoms with Crippen LogP contribution in [0, 0.1) is 0 Å². The number of hydrogen-bond acceptors (Lipinski definition) is 2. The van der Waals surface area contributed by atoms with Gasteiger partial charge in [-0.2, -0.15) is 0 Å². The van der Waals surface area contributed by atoms with Gasteiger partial charge in [-0.3, -0.25) is 0 Å². The molecule has 1 aromatic carbocycles. The van der Waals surface area contributed by atoms with Crippen molar-refractivity contribution < 1.29 is 0 Å². The van der Waals surface area contributed by atoms with Crippen LogP contribution in [0.15, 0.2) is 18.2 Å². The van der Waals surface area contributed by atoms with E-state index in [4.69, 9.17) is 0 Å². The van der Waals surface area contributed by atoms with Gasteiger partial charge in [0.1, 0.15) is 0 Å². The molecule has 2 atom stereocenters. The minimum atomic E-state index is 0.674. The molecule has 2 aliphatic heterocycles. The van der Waals surface area contributed by atoms with Crippen LogP contribution < -0.4 is 10.6 Å². The molecule has 15 heavy (non-hydrogen) atoms. The van der Waals surface area contributed by atoms with Gasteiger partial charge in [0.25, 0.3) is 0 Å². The number of benzene rings is 1. The fourth-order valence-electron chi connectivity index (χ4n) is 2.83. The Kier molecular flexibility index (Phi) is 2.17. The molecule has 1 saturated heterocycles. The third-order valence-corrected chi connectivity index (χ3v) is 3.75. The van der Waals surface area contributed by atoms with E-state index in [1.165, 1.54) is 23.2 Å². The van der Waals surface area contributed by atoms with Crippen LogP contribution in [0.4, 0.5) is 5.69 Å². The lowest BCUT2D eigenvalue weighted by Crippen LogP contribution is -2.38. The van der Waals surface area contributed by atoms with Crippen molar-refractivity contribution in [3.63, 3.8) is 0 Å². The van der Waals surface area contributed by atoms with E-state index < -0.39 is 0 Å². The van der Waals surface area contributed by atoms with Crippen molar-refractivity contribution in [2.75, 3.05) is 18.4 Å². The molecule has 3 rings (SSSR count). The van der Waals surface area contributed by atoms with Crippen molar-refractivity contribution in [2.24, 2.45) is 0 Å². The largest absolute Gasteiger partial charge is 0.381 e. The summed E-state index contributed by atoms with van der Waals surface area (Å²) in [6.07, 6.45) is 2.39. The minimum Gasteiger partial charge on any atom is -0.381 e. The molecule has 2 heteroatoms. The Morgan fingerprint density at radius 2 is 2.33 bits per heavy atom. The number of nitrogens with one attached hydrogen (secondary N) is 2. The van der Waals surface area contributed by atoms with Gasteiger partial charge < -0.3 is 10.6 Å². The lowest BCUT2D eigenvalue weighted by atomic mass is 9.89. The van der Waals surface area contributed by atoms with Crippen molar-refractivity contribution in [1.29, 1.82) is 0 Å². The maximum Gasteiger partial charge on any atom is 0.0379 e. The summed E-state index contributed by atoms with van der Waals surface area (Å²) in [6, 6.07) is 7.57. The molecule has 1 fully saturated rings. The molecule has 0 spiro atoms. The Hall–Kier alpha value is -1.02. The predicted molar refractivity (Wildman–Crippen MR) is 63.5 cm³/mol. The summed E-state index contributed by atoms with van der Waals surface area (Å²) in [5, 5.41) is 7.14. The average Bonchev–Trinajstić information content (AvgIpc) is 2.66. The number of piperidine rings is 1. The smallest absolute Gasteiger partial charge is 0.0379 e. The summed E-state index contributed by atoms with van der Waals surface area (Å²) in [4.78, 5) is 0. The molecule has 0 bridgehead atoms. The maximum atomic E-state index is 3.65. The molecule has 1 aromatic rings. The molecular weight excluding hydrogens is 184 g/mol. The fourth-order valence-corrected chi connectivity index (χ4v) is 2.83. The van der Waals surface area contributed by atoms with E-state index in [2.05, 4.69) is 35.8 Å². The van der Waals surface area contributed by atoms with Crippen LogP contribution >= 0.6 is 0 Å². The highest BCUT2D eigenvalue weighted by molar-refractivity contribution is 5.61. The Balaban J connectivity index is 1.98. The summed E-state index contributed by atoms with van der Waals surface area (Å²) in [6.45, 7) is 4.52. The molecule has 0 amide bonds. The van der Waals surface area contributed by atoms with E-state index >= 15 is 0 Å². The van der Waals surface area contributed by atoms with Gasteiger partial charge in [0.2, 0.25) is 0 Å². The fraction of sp³-hybridized carbons (Fsp3) is 0.538. The zero-order valence-electron chi connectivity index (χ0n) is 9.22. The van der Waals surface area contributed by atoms with Crippen LogP contribution in [0.3, 0.4) is 0 Å². The average molecular weight is 202 g/mol. The van der Waals surface area contributed by atoms with Crippen molar-refractivity contribution in [3.05, 3.63) is 29.3 Å². The van der Waals surface area contributed by atoms with Gasteiger partial charge in [0.15, 0.2) is 0 Å². The summed E-state index contributed by atoms with van der Waals surface area (Å²) < 4.78 is 0. The molecule has 2 aliphatic rings. The second-order valence-electron chi connectivity index (χ2n) is 4.63. The van der Waals surface area contributed by atoms with E-state index in [-0.39, 0.29) is 0 Å². The number of fused-ring (bicyclic) bond motifs is 3. The minimum absolute atomic E-state index is 0.674. The van der Waals surface area contributed by atoms with Gasteiger partial charge in [-0.15, -0.1) is 0 Å². The molecule has 0 aliphatic carbocycles. The van der Waals surface area contributed by atoms with Crippen LogP contribution in [-0.2, 0) is 6.42 Å². The highest BCUT2D eigenvalue weighted by atomic mass is 15.0. The highest BCUT2D eigenvalue weighted by Crippen LogP contribution is 2.38. The summed E-state index contributed by atoms with van der Waals surface area (Å²) >= 11 is 0. The van der Waals surface area contributed by atoms with Crippen LogP contribution in [0.5, 0.6) is 0 Å². The first-order chi connectivity index (χ1) is 7.38. The normalized spacial score (nSPS) is 28.1. The van der Waals surface area contributed by atoms with E-state index in [1.807, 2.05) is 0 Å². The molecule has 80 valence electrons. The van der Waals surface area contributed by atoms with Crippen LogP contribution in [0.2, 0.25) is 0 Å². The number of anilines is 1. The SMILES string of the molecule is CCc1ccc2c(c1)[C@H]1CNCC[C@H]1N2. The van der Waals surface area contributed by atoms with Crippen LogP contribution in [0.1, 0.15) is 30.4 Å². The molecule has 2 nitrogen and oxygen atoms in total. The first-order valence-corrected chi connectivity index (χ1v) is 5.98. The maximum absolute atomic E-state index is 3.65. The predicted octanol–water partition coefficient (Wildman–Crippen LogP) is 2.12. The van der Waals surface area contributed by atoms with Crippen molar-refractivity contribution >= 4 is 5.69 Å². The summed E-state index contributed by atoms with van der Waals surface area (Å²) in [7, 11) is 0. The quantitative estimate of drug-likeness (QED) is 0.729. The first-order valence-electron chi connectivity index (χ1n) is 5.98. The van der Waals surface area contributed by atoms with Crippen molar-refractivity contribution in [3.8, 4) is 0 Å². The van der Waals surface area contributed by atoms with E-state index in [9.17, 15) is 0 Å². The molecule has 2 heterocycles. The molecule has 0 aromatic heterocycles. The van der Waals surface area contributed by atoms with Gasteiger partial charge in [-0.25, -0.2) is 0 Å². The van der Waals surface area contributed by atoms with Crippen LogP contribution in [-0.4, -0.2) is 19.1 Å². The van der Waals surface area contributed by atoms with Crippen LogP contribution in [0.25, 0.3) is 0 Å². The molecule has 2 N–H and O–H groups in total.